The lowest BCUT2D eigenvalue weighted by atomic mass is 10.1. The lowest BCUT2D eigenvalue weighted by molar-refractivity contribution is 0.450. The van der Waals surface area contributed by atoms with Gasteiger partial charge in [0.05, 0.1) is 0 Å². The maximum absolute atomic E-state index is 5.03. The fraction of sp³-hybridized carbons (Fsp3) is 0.200. The van der Waals surface area contributed by atoms with Crippen LogP contribution >= 0.6 is 0 Å². The van der Waals surface area contributed by atoms with Gasteiger partial charge in [0.15, 0.2) is 0 Å². The predicted molar refractivity (Wildman–Crippen MR) is 53.5 cm³/mol. The van der Waals surface area contributed by atoms with Gasteiger partial charge in [-0.25, -0.2) is 0 Å². The molecule has 0 saturated carbocycles. The Hall–Kier alpha value is -0.863. The van der Waals surface area contributed by atoms with Crippen LogP contribution in [-0.4, -0.2) is 16.9 Å². The molecule has 0 aliphatic carbocycles. The molecule has 62 valence electrons. The minimum absolute atomic E-state index is 0.447. The highest BCUT2D eigenvalue weighted by Gasteiger charge is 1.95. The van der Waals surface area contributed by atoms with Crippen LogP contribution in [0.4, 0.5) is 0 Å². The van der Waals surface area contributed by atoms with E-state index in [0.29, 0.717) is 9.76 Å². The van der Waals surface area contributed by atoms with E-state index >= 15 is 0 Å². The van der Waals surface area contributed by atoms with Gasteiger partial charge >= 0.3 is 0 Å². The molecule has 1 nitrogen and oxygen atoms in total. The minimum atomic E-state index is 0.447. The normalized spacial score (nSPS) is 9.83. The summed E-state index contributed by atoms with van der Waals surface area (Å²) in [6.07, 6.45) is 0. The summed E-state index contributed by atoms with van der Waals surface area (Å²) in [6, 6.07) is 8.30. The van der Waals surface area contributed by atoms with Gasteiger partial charge < -0.3 is 4.43 Å². The van der Waals surface area contributed by atoms with Crippen LogP contribution in [0.15, 0.2) is 30.8 Å². The summed E-state index contributed by atoms with van der Waals surface area (Å²) in [7, 11) is 2.16. The van der Waals surface area contributed by atoms with Crippen molar-refractivity contribution in [3.63, 3.8) is 0 Å². The summed E-state index contributed by atoms with van der Waals surface area (Å²) < 4.78 is 5.03. The van der Waals surface area contributed by atoms with Crippen LogP contribution in [0.1, 0.15) is 12.5 Å². The number of benzene rings is 1. The molecule has 0 aliphatic rings. The zero-order chi connectivity index (χ0) is 8.97. The van der Waals surface area contributed by atoms with Gasteiger partial charge in [-0.15, -0.1) is 0 Å². The molecule has 0 fully saturated rings. The highest BCUT2D eigenvalue weighted by molar-refractivity contribution is 6.46. The molecular weight excluding hydrogens is 164 g/mol. The fourth-order valence-electron chi connectivity index (χ4n) is 0.941. The molecule has 1 aromatic carbocycles. The Morgan fingerprint density at radius 3 is 2.33 bits per heavy atom. The van der Waals surface area contributed by atoms with Crippen LogP contribution < -0.4 is 5.19 Å². The SMILES string of the molecule is C=C(C)c1ccc([Si]OC)cc1. The molecule has 0 bridgehead atoms. The van der Waals surface area contributed by atoms with Gasteiger partial charge in [-0.05, 0) is 17.7 Å². The third-order valence-electron chi connectivity index (χ3n) is 1.60. The minimum Gasteiger partial charge on any atom is -0.415 e. The molecule has 0 heterocycles. The first-order valence-corrected chi connectivity index (χ1v) is 4.70. The summed E-state index contributed by atoms with van der Waals surface area (Å²) in [4.78, 5) is 0. The van der Waals surface area contributed by atoms with Gasteiger partial charge in [0.2, 0.25) is 0 Å². The summed E-state index contributed by atoms with van der Waals surface area (Å²) in [5.41, 5.74) is 2.29. The first-order chi connectivity index (χ1) is 5.74. The Bertz CT molecular complexity index is 264. The first-order valence-electron chi connectivity index (χ1n) is 3.79. The lowest BCUT2D eigenvalue weighted by Crippen LogP contribution is -2.15. The smallest absolute Gasteiger partial charge is 0.268 e. The van der Waals surface area contributed by atoms with E-state index in [-0.39, 0.29) is 0 Å². The Morgan fingerprint density at radius 2 is 1.92 bits per heavy atom. The predicted octanol–water partition coefficient (Wildman–Crippen LogP) is 1.61. The topological polar surface area (TPSA) is 9.23 Å². The molecule has 0 amide bonds. The van der Waals surface area contributed by atoms with Gasteiger partial charge in [-0.1, -0.05) is 36.4 Å². The van der Waals surface area contributed by atoms with E-state index in [9.17, 15) is 0 Å². The monoisotopic (exact) mass is 176 g/mol. The maximum atomic E-state index is 5.03. The van der Waals surface area contributed by atoms with Crippen molar-refractivity contribution in [3.8, 4) is 0 Å². The van der Waals surface area contributed by atoms with Crippen molar-refractivity contribution in [2.75, 3.05) is 7.11 Å². The fourth-order valence-corrected chi connectivity index (χ4v) is 1.48. The highest BCUT2D eigenvalue weighted by Crippen LogP contribution is 2.08. The van der Waals surface area contributed by atoms with E-state index in [1.807, 2.05) is 6.92 Å². The summed E-state index contributed by atoms with van der Waals surface area (Å²) in [5.74, 6) is 0. The zero-order valence-electron chi connectivity index (χ0n) is 7.42. The van der Waals surface area contributed by atoms with Crippen molar-refractivity contribution >= 4 is 20.5 Å². The van der Waals surface area contributed by atoms with Gasteiger partial charge in [-0.3, -0.25) is 0 Å². The van der Waals surface area contributed by atoms with Crippen LogP contribution in [-0.2, 0) is 4.43 Å². The van der Waals surface area contributed by atoms with Crippen molar-refractivity contribution in [1.82, 2.24) is 0 Å². The molecule has 2 heteroatoms. The van der Waals surface area contributed by atoms with E-state index in [1.54, 1.807) is 7.11 Å². The van der Waals surface area contributed by atoms with Crippen LogP contribution in [0, 0.1) is 0 Å². The Kier molecular flexibility index (Phi) is 3.26. The van der Waals surface area contributed by atoms with Crippen molar-refractivity contribution in [2.45, 2.75) is 6.92 Å². The number of allylic oxidation sites excluding steroid dienone is 1. The van der Waals surface area contributed by atoms with E-state index in [0.717, 1.165) is 5.57 Å². The molecule has 0 spiro atoms. The molecule has 0 atom stereocenters. The quantitative estimate of drug-likeness (QED) is 0.636. The second-order valence-corrected chi connectivity index (χ2v) is 3.85. The van der Waals surface area contributed by atoms with E-state index in [4.69, 9.17) is 4.43 Å². The molecule has 0 saturated heterocycles. The summed E-state index contributed by atoms with van der Waals surface area (Å²) in [6.45, 7) is 5.88. The van der Waals surface area contributed by atoms with Gasteiger partial charge in [-0.2, -0.15) is 0 Å². The van der Waals surface area contributed by atoms with Crippen LogP contribution in [0.25, 0.3) is 5.57 Å². The molecule has 2 radical (unpaired) electrons. The number of hydrogen-bond acceptors (Lipinski definition) is 1. The van der Waals surface area contributed by atoms with Gasteiger partial charge in [0, 0.05) is 7.11 Å². The van der Waals surface area contributed by atoms with Gasteiger partial charge in [0.25, 0.3) is 9.76 Å². The molecular formula is C10H12OSi. The molecule has 12 heavy (non-hydrogen) atoms. The van der Waals surface area contributed by atoms with Crippen molar-refractivity contribution < 1.29 is 4.43 Å². The standard InChI is InChI=1S/C10H12OSi/c1-8(2)9-4-6-10(7-5-9)12-11-3/h4-7H,1H2,2-3H3. The summed E-state index contributed by atoms with van der Waals surface area (Å²) in [5, 5.41) is 1.22. The zero-order valence-corrected chi connectivity index (χ0v) is 8.42. The van der Waals surface area contributed by atoms with Crippen molar-refractivity contribution in [1.29, 1.82) is 0 Å². The molecule has 0 N–H and O–H groups in total. The Labute approximate surface area is 76.0 Å². The Balaban J connectivity index is 2.78. The van der Waals surface area contributed by atoms with Crippen LogP contribution in [0.5, 0.6) is 0 Å². The molecule has 1 aromatic rings. The third-order valence-corrected chi connectivity index (χ3v) is 2.37. The van der Waals surface area contributed by atoms with E-state index in [2.05, 4.69) is 30.8 Å². The highest BCUT2D eigenvalue weighted by atomic mass is 28.2. The maximum Gasteiger partial charge on any atom is 0.268 e. The molecule has 0 unspecified atom stereocenters. The van der Waals surface area contributed by atoms with E-state index < -0.39 is 0 Å². The molecule has 0 aromatic heterocycles. The van der Waals surface area contributed by atoms with Crippen LogP contribution in [0.2, 0.25) is 0 Å². The third kappa shape index (κ3) is 2.32. The summed E-state index contributed by atoms with van der Waals surface area (Å²) >= 11 is 0. The number of rotatable bonds is 3. The van der Waals surface area contributed by atoms with Gasteiger partial charge in [0.1, 0.15) is 0 Å². The average molecular weight is 176 g/mol. The largest absolute Gasteiger partial charge is 0.415 e. The first kappa shape index (κ1) is 9.23. The second kappa shape index (κ2) is 4.23. The number of hydrogen-bond donors (Lipinski definition) is 0. The second-order valence-electron chi connectivity index (χ2n) is 2.66. The lowest BCUT2D eigenvalue weighted by Gasteiger charge is -2.00. The van der Waals surface area contributed by atoms with Crippen LogP contribution in [0.3, 0.4) is 0 Å². The average Bonchev–Trinajstić information content (AvgIpc) is 2.06. The molecule has 0 aliphatic heterocycles. The Morgan fingerprint density at radius 1 is 1.33 bits per heavy atom. The van der Waals surface area contributed by atoms with E-state index in [1.165, 1.54) is 10.8 Å². The van der Waals surface area contributed by atoms with Crippen molar-refractivity contribution in [3.05, 3.63) is 36.4 Å². The van der Waals surface area contributed by atoms with Crippen molar-refractivity contribution in [2.24, 2.45) is 0 Å². The molecule has 1 rings (SSSR count).